The van der Waals surface area contributed by atoms with Gasteiger partial charge in [0.2, 0.25) is 5.83 Å². The van der Waals surface area contributed by atoms with E-state index in [0.29, 0.717) is 0 Å². The summed E-state index contributed by atoms with van der Waals surface area (Å²) in [4.78, 5) is 8.60. The summed E-state index contributed by atoms with van der Waals surface area (Å²) >= 11 is 4.26. The summed E-state index contributed by atoms with van der Waals surface area (Å²) in [5.74, 6) is -3.82. The van der Waals surface area contributed by atoms with Crippen molar-refractivity contribution < 1.29 is 62.0 Å². The number of benzene rings is 1. The number of nitro groups is 1. The van der Waals surface area contributed by atoms with Crippen LogP contribution in [0, 0.1) is 10.1 Å². The number of nitrogens with one attached hydrogen (secondary N) is 1. The molecule has 0 aliphatic carbocycles. The number of hydrogen-bond donors (Lipinski definition) is 1. The predicted octanol–water partition coefficient (Wildman–Crippen LogP) is 7.39. The van der Waals surface area contributed by atoms with E-state index in [2.05, 4.69) is 4.99 Å². The molecule has 0 fully saturated rings. The van der Waals surface area contributed by atoms with E-state index in [-0.39, 0.29) is 12.1 Å². The summed E-state index contributed by atoms with van der Waals surface area (Å²) in [6, 6.07) is -0.215. The molecular formula is C14H3ClF13N3O2S. The van der Waals surface area contributed by atoms with Crippen LogP contribution in [-0.2, 0) is 6.18 Å². The van der Waals surface area contributed by atoms with Gasteiger partial charge in [-0.15, -0.1) is 0 Å². The maximum atomic E-state index is 13.7. The number of hydrogen-bond acceptors (Lipinski definition) is 5. The predicted molar refractivity (Wildman–Crippen MR) is 90.8 cm³/mol. The Morgan fingerprint density at radius 1 is 1.00 bits per heavy atom. The molecule has 20 heteroatoms. The lowest BCUT2D eigenvalue weighted by atomic mass is 9.97. The summed E-state index contributed by atoms with van der Waals surface area (Å²) in [5, 5.41) is 9.37. The van der Waals surface area contributed by atoms with Crippen LogP contribution in [0.4, 0.5) is 68.5 Å². The Kier molecular flexibility index (Phi) is 6.83. The topological polar surface area (TPSA) is 67.5 Å². The Morgan fingerprint density at radius 2 is 1.50 bits per heavy atom. The second kappa shape index (κ2) is 8.35. The van der Waals surface area contributed by atoms with Crippen molar-refractivity contribution in [2.24, 2.45) is 4.99 Å². The van der Waals surface area contributed by atoms with E-state index in [9.17, 15) is 67.2 Å². The molecule has 1 aromatic carbocycles. The smallest absolute Gasteiger partial charge is 0.328 e. The number of nitro benzene ring substituents is 1. The minimum Gasteiger partial charge on any atom is -0.328 e. The zero-order valence-corrected chi connectivity index (χ0v) is 16.6. The number of thioether (sulfide) groups is 1. The number of nitrogens with zero attached hydrogens (tertiary/aromatic N) is 2. The monoisotopic (exact) mass is 559 g/mol. The van der Waals surface area contributed by atoms with Crippen LogP contribution in [0.5, 0.6) is 0 Å². The van der Waals surface area contributed by atoms with E-state index in [4.69, 9.17) is 11.6 Å². The minimum absolute atomic E-state index is 0.00904. The molecule has 0 amide bonds. The van der Waals surface area contributed by atoms with Gasteiger partial charge in [0.1, 0.15) is 5.69 Å². The number of anilines is 1. The molecule has 1 N–H and O–H groups in total. The number of rotatable bonds is 2. The summed E-state index contributed by atoms with van der Waals surface area (Å²) in [6.45, 7) is 0. The van der Waals surface area contributed by atoms with E-state index in [1.54, 1.807) is 0 Å². The minimum atomic E-state index is -6.71. The molecule has 1 heterocycles. The summed E-state index contributed by atoms with van der Waals surface area (Å²) in [5.41, 5.74) is -10.5. The molecule has 5 nitrogen and oxygen atoms in total. The van der Waals surface area contributed by atoms with E-state index in [1.807, 2.05) is 0 Å². The van der Waals surface area contributed by atoms with Gasteiger partial charge in [-0.25, -0.2) is 9.38 Å². The summed E-state index contributed by atoms with van der Waals surface area (Å²) in [7, 11) is 0. The summed E-state index contributed by atoms with van der Waals surface area (Å²) < 4.78 is 171. The number of aliphatic imine (C=N–C) groups is 1. The van der Waals surface area contributed by atoms with Gasteiger partial charge in [-0.2, -0.15) is 52.7 Å². The Balaban J connectivity index is 2.79. The van der Waals surface area contributed by atoms with Gasteiger partial charge in [-0.1, -0.05) is 23.4 Å². The van der Waals surface area contributed by atoms with Gasteiger partial charge in [-0.05, 0) is 6.07 Å². The normalized spacial score (nSPS) is 18.6. The van der Waals surface area contributed by atoms with Crippen molar-refractivity contribution in [2.75, 3.05) is 5.32 Å². The fraction of sp³-hybridized carbons (Fsp3) is 0.357. The average molecular weight is 560 g/mol. The lowest BCUT2D eigenvalue weighted by molar-refractivity contribution is -0.384. The molecule has 0 saturated heterocycles. The Hall–Kier alpha value is -2.44. The highest BCUT2D eigenvalue weighted by atomic mass is 35.5. The van der Waals surface area contributed by atoms with Crippen LogP contribution < -0.4 is 5.32 Å². The molecule has 0 atom stereocenters. The first-order valence-electron chi connectivity index (χ1n) is 7.74. The van der Waals surface area contributed by atoms with Crippen molar-refractivity contribution in [3.63, 3.8) is 0 Å². The Labute approximate surface area is 186 Å². The van der Waals surface area contributed by atoms with Crippen LogP contribution in [0.15, 0.2) is 27.9 Å². The molecule has 0 aromatic heterocycles. The molecule has 2 rings (SSSR count). The van der Waals surface area contributed by atoms with Gasteiger partial charge >= 0.3 is 24.7 Å². The molecule has 34 heavy (non-hydrogen) atoms. The molecule has 1 aliphatic rings. The number of allylic oxidation sites excluding steroid dienone is 1. The highest BCUT2D eigenvalue weighted by molar-refractivity contribution is 8.17. The zero-order valence-electron chi connectivity index (χ0n) is 15.1. The third-order valence-corrected chi connectivity index (χ3v) is 5.25. The van der Waals surface area contributed by atoms with E-state index < -0.39 is 84.8 Å². The van der Waals surface area contributed by atoms with Crippen molar-refractivity contribution in [3.8, 4) is 0 Å². The standard InChI is InChI=1S/C14H3ClF13N3O2S/c15-4-1-3(11(17,18)19)2-5(31(32)33)6(4)29-9-30-10(13(23,24)25,14(26,27)28)8(34-9)7(16)12(20,21)22/h1-2H,(H,29,30)/b8-7+. The van der Waals surface area contributed by atoms with Gasteiger partial charge in [0.15, 0.2) is 5.17 Å². The van der Waals surface area contributed by atoms with E-state index >= 15 is 0 Å². The largest absolute Gasteiger partial charge is 0.443 e. The van der Waals surface area contributed by atoms with Crippen molar-refractivity contribution in [1.82, 2.24) is 0 Å². The molecule has 0 unspecified atom stereocenters. The lowest BCUT2D eigenvalue weighted by Gasteiger charge is -2.31. The van der Waals surface area contributed by atoms with Crippen molar-refractivity contribution in [3.05, 3.63) is 43.6 Å². The van der Waals surface area contributed by atoms with Crippen LogP contribution >= 0.6 is 23.4 Å². The van der Waals surface area contributed by atoms with E-state index in [0.717, 1.165) is 0 Å². The maximum absolute atomic E-state index is 13.7. The van der Waals surface area contributed by atoms with Gasteiger partial charge in [-0.3, -0.25) is 10.1 Å². The first kappa shape index (κ1) is 27.8. The average Bonchev–Trinajstić information content (AvgIpc) is 3.01. The highest BCUT2D eigenvalue weighted by Gasteiger charge is 2.77. The molecule has 0 saturated carbocycles. The zero-order chi connectivity index (χ0) is 26.7. The Bertz CT molecular complexity index is 1060. The number of alkyl halides is 12. The molecule has 0 radical (unpaired) electrons. The van der Waals surface area contributed by atoms with Gasteiger partial charge in [0.25, 0.3) is 11.2 Å². The van der Waals surface area contributed by atoms with Crippen molar-refractivity contribution in [2.45, 2.75) is 30.2 Å². The maximum Gasteiger partial charge on any atom is 0.443 e. The fourth-order valence-corrected chi connectivity index (χ4v) is 3.88. The SMILES string of the molecule is O=[N+]([O-])c1cc(C(F)(F)F)cc(Cl)c1NC1=NC(C(F)(F)F)(C(F)(F)F)/C(=C(\F)C(F)(F)F)S1. The molecule has 1 aliphatic heterocycles. The lowest BCUT2D eigenvalue weighted by Crippen LogP contribution is -2.55. The van der Waals surface area contributed by atoms with Crippen LogP contribution in [0.25, 0.3) is 0 Å². The van der Waals surface area contributed by atoms with Crippen molar-refractivity contribution in [1.29, 1.82) is 0 Å². The van der Waals surface area contributed by atoms with Gasteiger partial charge in [0.05, 0.1) is 20.4 Å². The quantitative estimate of drug-likeness (QED) is 0.233. The third-order valence-electron chi connectivity index (χ3n) is 3.89. The molecular weight excluding hydrogens is 557 g/mol. The second-order valence-electron chi connectivity index (χ2n) is 6.10. The van der Waals surface area contributed by atoms with Gasteiger partial charge in [0, 0.05) is 6.07 Å². The first-order valence-corrected chi connectivity index (χ1v) is 8.94. The Morgan fingerprint density at radius 3 is 1.88 bits per heavy atom. The molecule has 0 spiro atoms. The van der Waals surface area contributed by atoms with Gasteiger partial charge < -0.3 is 5.32 Å². The molecule has 0 bridgehead atoms. The van der Waals surface area contributed by atoms with Crippen LogP contribution in [-0.4, -0.2) is 34.2 Å². The van der Waals surface area contributed by atoms with Crippen LogP contribution in [0.3, 0.4) is 0 Å². The van der Waals surface area contributed by atoms with E-state index in [1.165, 1.54) is 5.32 Å². The fourth-order valence-electron chi connectivity index (χ4n) is 2.46. The van der Waals surface area contributed by atoms with Crippen molar-refractivity contribution >= 4 is 39.9 Å². The summed E-state index contributed by atoms with van der Waals surface area (Å²) in [6.07, 6.45) is -25.0. The van der Waals surface area contributed by atoms with Crippen LogP contribution in [0.1, 0.15) is 5.56 Å². The van der Waals surface area contributed by atoms with Crippen LogP contribution in [0.2, 0.25) is 5.02 Å². The third kappa shape index (κ3) is 4.84. The number of halogens is 14. The first-order chi connectivity index (χ1) is 15.0. The number of amidine groups is 1. The second-order valence-corrected chi connectivity index (χ2v) is 7.50. The molecule has 190 valence electrons. The highest BCUT2D eigenvalue weighted by Crippen LogP contribution is 2.60. The molecule has 1 aromatic rings.